The fourth-order valence-corrected chi connectivity index (χ4v) is 1.22. The molecule has 88 valence electrons. The predicted molar refractivity (Wildman–Crippen MR) is 63.4 cm³/mol. The van der Waals surface area contributed by atoms with Crippen LogP contribution in [0.25, 0.3) is 0 Å². The fourth-order valence-electron chi connectivity index (χ4n) is 1.22. The molecule has 5 heteroatoms. The number of rotatable bonds is 2. The van der Waals surface area contributed by atoms with Crippen LogP contribution in [-0.2, 0) is 4.79 Å². The summed E-state index contributed by atoms with van der Waals surface area (Å²) in [6.45, 7) is 1.55. The quantitative estimate of drug-likeness (QED) is 0.510. The summed E-state index contributed by atoms with van der Waals surface area (Å²) in [5.41, 5.74) is 6.05. The van der Waals surface area contributed by atoms with E-state index < -0.39 is 5.97 Å². The molecule has 0 saturated carbocycles. The molecule has 17 heavy (non-hydrogen) atoms. The first kappa shape index (κ1) is 12.6. The lowest BCUT2D eigenvalue weighted by Crippen LogP contribution is -2.19. The molecule has 1 aromatic carbocycles. The van der Waals surface area contributed by atoms with E-state index in [0.29, 0.717) is 5.56 Å². The van der Waals surface area contributed by atoms with E-state index in [1.165, 1.54) is 13.0 Å². The maximum Gasteiger partial charge on any atom is 0.339 e. The summed E-state index contributed by atoms with van der Waals surface area (Å²) < 4.78 is 0. The van der Waals surface area contributed by atoms with Crippen molar-refractivity contribution in [1.82, 2.24) is 5.32 Å². The second-order valence-electron chi connectivity index (χ2n) is 3.29. The van der Waals surface area contributed by atoms with Gasteiger partial charge in [-0.1, -0.05) is 17.9 Å². The first-order chi connectivity index (χ1) is 8.02. The Morgan fingerprint density at radius 3 is 2.76 bits per heavy atom. The molecule has 1 rings (SSSR count). The number of amides is 1. The highest BCUT2D eigenvalue weighted by Gasteiger charge is 2.11. The molecule has 0 saturated heterocycles. The van der Waals surface area contributed by atoms with Gasteiger partial charge in [0.15, 0.2) is 0 Å². The number of carboxylic acid groups (broad SMARTS) is 1. The van der Waals surface area contributed by atoms with Gasteiger partial charge in [0.05, 0.1) is 12.1 Å². The van der Waals surface area contributed by atoms with Crippen molar-refractivity contribution < 1.29 is 14.7 Å². The van der Waals surface area contributed by atoms with Gasteiger partial charge < -0.3 is 16.2 Å². The van der Waals surface area contributed by atoms with Crippen molar-refractivity contribution in [3.05, 3.63) is 29.3 Å². The molecule has 0 aromatic heterocycles. The lowest BCUT2D eigenvalue weighted by Gasteiger charge is -2.02. The average Bonchev–Trinajstić information content (AvgIpc) is 2.23. The normalized spacial score (nSPS) is 9.00. The zero-order chi connectivity index (χ0) is 12.8. The fraction of sp³-hybridized carbons (Fsp3) is 0.167. The van der Waals surface area contributed by atoms with E-state index in [4.69, 9.17) is 10.8 Å². The summed E-state index contributed by atoms with van der Waals surface area (Å²) in [5.74, 6) is 4.01. The molecule has 5 nitrogen and oxygen atoms in total. The topological polar surface area (TPSA) is 92.4 Å². The Bertz CT molecular complexity index is 512. The Kier molecular flexibility index (Phi) is 4.12. The highest BCUT2D eigenvalue weighted by Crippen LogP contribution is 2.15. The number of carbonyl (C=O) groups is 2. The summed E-state index contributed by atoms with van der Waals surface area (Å²) in [5, 5.41) is 11.5. The minimum absolute atomic E-state index is 0.0113. The molecule has 0 aliphatic heterocycles. The van der Waals surface area contributed by atoms with Crippen LogP contribution in [0.15, 0.2) is 18.2 Å². The van der Waals surface area contributed by atoms with Crippen molar-refractivity contribution in [2.75, 3.05) is 12.3 Å². The SMILES string of the molecule is CC(=O)NCC#Cc1cccc(N)c1C(=O)O. The largest absolute Gasteiger partial charge is 0.478 e. The summed E-state index contributed by atoms with van der Waals surface area (Å²) in [6.07, 6.45) is 0. The molecule has 0 aliphatic carbocycles. The van der Waals surface area contributed by atoms with Crippen LogP contribution in [0.2, 0.25) is 0 Å². The summed E-state index contributed by atoms with van der Waals surface area (Å²) in [7, 11) is 0. The number of anilines is 1. The number of hydrogen-bond acceptors (Lipinski definition) is 3. The molecule has 4 N–H and O–H groups in total. The van der Waals surface area contributed by atoms with Gasteiger partial charge in [-0.25, -0.2) is 4.79 Å². The molecular formula is C12H12N2O3. The number of carbonyl (C=O) groups excluding carboxylic acids is 1. The zero-order valence-corrected chi connectivity index (χ0v) is 9.28. The van der Waals surface area contributed by atoms with E-state index in [9.17, 15) is 9.59 Å². The number of nitrogens with one attached hydrogen (secondary N) is 1. The van der Waals surface area contributed by atoms with Crippen molar-refractivity contribution in [3.8, 4) is 11.8 Å². The van der Waals surface area contributed by atoms with Gasteiger partial charge in [-0.3, -0.25) is 4.79 Å². The number of benzene rings is 1. The molecule has 0 atom stereocenters. The van der Waals surface area contributed by atoms with Crippen molar-refractivity contribution in [2.24, 2.45) is 0 Å². The summed E-state index contributed by atoms with van der Waals surface area (Å²) in [6, 6.07) is 4.70. The number of nitrogens with two attached hydrogens (primary N) is 1. The van der Waals surface area contributed by atoms with Crippen molar-refractivity contribution in [1.29, 1.82) is 0 Å². The zero-order valence-electron chi connectivity index (χ0n) is 9.28. The Balaban J connectivity index is 2.94. The summed E-state index contributed by atoms with van der Waals surface area (Å²) >= 11 is 0. The second-order valence-corrected chi connectivity index (χ2v) is 3.29. The van der Waals surface area contributed by atoms with Gasteiger partial charge >= 0.3 is 5.97 Å². The van der Waals surface area contributed by atoms with Crippen molar-refractivity contribution in [3.63, 3.8) is 0 Å². The third-order valence-corrected chi connectivity index (χ3v) is 1.96. The molecular weight excluding hydrogens is 220 g/mol. The molecule has 0 aliphatic rings. The van der Waals surface area contributed by atoms with E-state index in [0.717, 1.165) is 0 Å². The maximum atomic E-state index is 11.0. The lowest BCUT2D eigenvalue weighted by molar-refractivity contribution is -0.118. The van der Waals surface area contributed by atoms with E-state index in [1.54, 1.807) is 12.1 Å². The minimum atomic E-state index is -1.12. The first-order valence-corrected chi connectivity index (χ1v) is 4.87. The molecule has 0 bridgehead atoms. The molecule has 0 spiro atoms. The monoisotopic (exact) mass is 232 g/mol. The number of carboxylic acids is 1. The van der Waals surface area contributed by atoms with Gasteiger partial charge in [0.2, 0.25) is 5.91 Å². The first-order valence-electron chi connectivity index (χ1n) is 4.87. The smallest absolute Gasteiger partial charge is 0.339 e. The van der Waals surface area contributed by atoms with Crippen molar-refractivity contribution in [2.45, 2.75) is 6.92 Å². The Morgan fingerprint density at radius 1 is 1.47 bits per heavy atom. The van der Waals surface area contributed by atoms with Crippen molar-refractivity contribution >= 4 is 17.6 Å². The van der Waals surface area contributed by atoms with Gasteiger partial charge in [0, 0.05) is 18.2 Å². The molecule has 0 heterocycles. The third kappa shape index (κ3) is 3.54. The summed E-state index contributed by atoms with van der Waals surface area (Å²) in [4.78, 5) is 21.6. The van der Waals surface area contributed by atoms with Gasteiger partial charge in [0.25, 0.3) is 0 Å². The lowest BCUT2D eigenvalue weighted by atomic mass is 10.1. The maximum absolute atomic E-state index is 11.0. The Labute approximate surface area is 98.6 Å². The van der Waals surface area contributed by atoms with Gasteiger partial charge in [-0.05, 0) is 12.1 Å². The van der Waals surface area contributed by atoms with Crippen LogP contribution in [0.5, 0.6) is 0 Å². The minimum Gasteiger partial charge on any atom is -0.478 e. The average molecular weight is 232 g/mol. The van der Waals surface area contributed by atoms with Crippen LogP contribution in [0.1, 0.15) is 22.8 Å². The highest BCUT2D eigenvalue weighted by molar-refractivity contribution is 5.96. The molecule has 0 radical (unpaired) electrons. The standard InChI is InChI=1S/C12H12N2O3/c1-8(15)14-7-3-5-9-4-2-6-10(13)11(9)12(16)17/h2,4,6H,7,13H2,1H3,(H,14,15)(H,16,17). The van der Waals surface area contributed by atoms with E-state index in [-0.39, 0.29) is 23.7 Å². The Morgan fingerprint density at radius 2 is 2.18 bits per heavy atom. The molecule has 1 aromatic rings. The molecule has 0 fully saturated rings. The van der Waals surface area contributed by atoms with Crippen LogP contribution in [0, 0.1) is 11.8 Å². The van der Waals surface area contributed by atoms with Crippen LogP contribution in [0.3, 0.4) is 0 Å². The van der Waals surface area contributed by atoms with Crippen LogP contribution in [0.4, 0.5) is 5.69 Å². The molecule has 0 unspecified atom stereocenters. The van der Waals surface area contributed by atoms with Crippen LogP contribution in [-0.4, -0.2) is 23.5 Å². The van der Waals surface area contributed by atoms with Gasteiger partial charge in [0.1, 0.15) is 0 Å². The van der Waals surface area contributed by atoms with E-state index >= 15 is 0 Å². The van der Waals surface area contributed by atoms with E-state index in [2.05, 4.69) is 17.2 Å². The number of nitrogen functional groups attached to an aromatic ring is 1. The van der Waals surface area contributed by atoms with E-state index in [1.807, 2.05) is 0 Å². The second kappa shape index (κ2) is 5.56. The predicted octanol–water partition coefficient (Wildman–Crippen LogP) is 0.455. The highest BCUT2D eigenvalue weighted by atomic mass is 16.4. The van der Waals surface area contributed by atoms with Crippen LogP contribution >= 0.6 is 0 Å². The van der Waals surface area contributed by atoms with Crippen LogP contribution < -0.4 is 11.1 Å². The van der Waals surface area contributed by atoms with Gasteiger partial charge in [-0.15, -0.1) is 0 Å². The third-order valence-electron chi connectivity index (χ3n) is 1.96. The Hall–Kier alpha value is -2.48. The number of hydrogen-bond donors (Lipinski definition) is 3. The van der Waals surface area contributed by atoms with Gasteiger partial charge in [-0.2, -0.15) is 0 Å². The molecule has 1 amide bonds. The number of aromatic carboxylic acids is 1.